The van der Waals surface area contributed by atoms with Crippen LogP contribution in [-0.4, -0.2) is 51.5 Å². The molecule has 0 bridgehead atoms. The van der Waals surface area contributed by atoms with Crippen molar-refractivity contribution in [2.75, 3.05) is 31.1 Å². The molecule has 8 nitrogen and oxygen atoms in total. The fraction of sp³-hybridized carbons (Fsp3) is 0.417. The molecule has 2 aliphatic rings. The number of nitrogens with zero attached hydrogens (tertiary/aromatic N) is 4. The molecule has 1 saturated carbocycles. The molecule has 35 heavy (non-hydrogen) atoms. The molecule has 1 N–H and O–H groups in total. The minimum absolute atomic E-state index is 0.0844. The lowest BCUT2D eigenvalue weighted by atomic mass is 10.1. The van der Waals surface area contributed by atoms with Crippen LogP contribution >= 0.6 is 0 Å². The highest BCUT2D eigenvalue weighted by Gasteiger charge is 2.33. The minimum Gasteiger partial charge on any atom is -0.368 e. The number of hydrogen-bond acceptors (Lipinski definition) is 5. The van der Waals surface area contributed by atoms with Crippen molar-refractivity contribution in [3.63, 3.8) is 0 Å². The zero-order valence-corrected chi connectivity index (χ0v) is 19.1. The number of carbonyl (C=O) groups is 1. The number of pyridine rings is 1. The number of anilines is 1. The van der Waals surface area contributed by atoms with Crippen LogP contribution in [0.15, 0.2) is 39.9 Å². The number of fused-ring (bicyclic) bond motifs is 1. The Labute approximate surface area is 198 Å². The van der Waals surface area contributed by atoms with E-state index >= 15 is 0 Å². The van der Waals surface area contributed by atoms with E-state index in [0.29, 0.717) is 24.5 Å². The van der Waals surface area contributed by atoms with Gasteiger partial charge in [-0.2, -0.15) is 13.2 Å². The van der Waals surface area contributed by atoms with Crippen LogP contribution in [0.5, 0.6) is 0 Å². The number of rotatable bonds is 4. The smallest absolute Gasteiger partial charge is 0.368 e. The van der Waals surface area contributed by atoms with Gasteiger partial charge in [-0.05, 0) is 44.0 Å². The van der Waals surface area contributed by atoms with Gasteiger partial charge in [-0.25, -0.2) is 9.78 Å². The number of benzene rings is 1. The Morgan fingerprint density at radius 3 is 2.46 bits per heavy atom. The van der Waals surface area contributed by atoms with E-state index in [2.05, 4.69) is 9.97 Å². The molecule has 1 amide bonds. The van der Waals surface area contributed by atoms with E-state index in [1.54, 1.807) is 28.9 Å². The van der Waals surface area contributed by atoms with Crippen LogP contribution in [0.2, 0.25) is 0 Å². The van der Waals surface area contributed by atoms with Crippen LogP contribution in [0, 0.1) is 0 Å². The molecule has 0 radical (unpaired) electrons. The Bertz CT molecular complexity index is 1420. The van der Waals surface area contributed by atoms with Crippen LogP contribution in [-0.2, 0) is 12.7 Å². The van der Waals surface area contributed by atoms with Gasteiger partial charge in [-0.3, -0.25) is 19.1 Å². The maximum atomic E-state index is 13.6. The third-order valence-corrected chi connectivity index (χ3v) is 6.62. The highest BCUT2D eigenvalue weighted by molar-refractivity contribution is 6.05. The largest absolute Gasteiger partial charge is 0.416 e. The lowest BCUT2D eigenvalue weighted by Gasteiger charge is -2.36. The molecule has 1 aliphatic heterocycles. The predicted molar refractivity (Wildman–Crippen MR) is 124 cm³/mol. The van der Waals surface area contributed by atoms with Gasteiger partial charge in [0.25, 0.3) is 11.5 Å². The van der Waals surface area contributed by atoms with E-state index < -0.39 is 23.0 Å². The average Bonchev–Trinajstić information content (AvgIpc) is 3.68. The second-order valence-electron chi connectivity index (χ2n) is 8.90. The van der Waals surface area contributed by atoms with E-state index in [4.69, 9.17) is 0 Å². The molecule has 1 saturated heterocycles. The Morgan fingerprint density at radius 1 is 1.11 bits per heavy atom. The lowest BCUT2D eigenvalue weighted by molar-refractivity contribution is -0.137. The van der Waals surface area contributed by atoms with Crippen LogP contribution in [0.1, 0.15) is 47.3 Å². The first kappa shape index (κ1) is 23.1. The molecule has 0 unspecified atom stereocenters. The first-order valence-electron chi connectivity index (χ1n) is 11.6. The molecular formula is C24H24F3N5O3. The third-order valence-electron chi connectivity index (χ3n) is 6.62. The second-order valence-corrected chi connectivity index (χ2v) is 8.90. The summed E-state index contributed by atoms with van der Waals surface area (Å²) in [4.78, 5) is 48.9. The molecule has 2 aromatic heterocycles. The second kappa shape index (κ2) is 8.54. The van der Waals surface area contributed by atoms with Crippen molar-refractivity contribution in [3.8, 4) is 0 Å². The lowest BCUT2D eigenvalue weighted by Crippen LogP contribution is -2.49. The highest BCUT2D eigenvalue weighted by atomic mass is 19.4. The molecule has 5 rings (SSSR count). The van der Waals surface area contributed by atoms with E-state index in [9.17, 15) is 27.6 Å². The molecule has 0 atom stereocenters. The summed E-state index contributed by atoms with van der Waals surface area (Å²) in [6, 6.07) is 6.79. The maximum Gasteiger partial charge on any atom is 0.416 e. The summed E-state index contributed by atoms with van der Waals surface area (Å²) < 4.78 is 40.6. The zero-order valence-electron chi connectivity index (χ0n) is 19.1. The van der Waals surface area contributed by atoms with E-state index in [0.717, 1.165) is 25.0 Å². The van der Waals surface area contributed by atoms with Crippen molar-refractivity contribution >= 4 is 22.6 Å². The number of halogens is 3. The summed E-state index contributed by atoms with van der Waals surface area (Å²) in [7, 11) is 0. The summed E-state index contributed by atoms with van der Waals surface area (Å²) in [6.07, 6.45) is -2.56. The summed E-state index contributed by atoms with van der Waals surface area (Å²) >= 11 is 0. The molecule has 3 aromatic rings. The Kier molecular flexibility index (Phi) is 5.65. The van der Waals surface area contributed by atoms with Crippen LogP contribution in [0.3, 0.4) is 0 Å². The van der Waals surface area contributed by atoms with Crippen LogP contribution in [0.4, 0.5) is 18.9 Å². The summed E-state index contributed by atoms with van der Waals surface area (Å²) in [6.45, 7) is 3.31. The van der Waals surface area contributed by atoms with Gasteiger partial charge in [0, 0.05) is 50.0 Å². The van der Waals surface area contributed by atoms with Gasteiger partial charge in [-0.1, -0.05) is 6.07 Å². The Hall–Kier alpha value is -3.63. The zero-order chi connectivity index (χ0) is 24.9. The number of carbonyl (C=O) groups excluding carboxylic acids is 1. The van der Waals surface area contributed by atoms with Gasteiger partial charge in [0.05, 0.1) is 16.5 Å². The number of hydrogen-bond donors (Lipinski definition) is 1. The summed E-state index contributed by atoms with van der Waals surface area (Å²) in [5.41, 5.74) is -0.402. The number of nitrogens with one attached hydrogen (secondary N) is 1. The summed E-state index contributed by atoms with van der Waals surface area (Å²) in [5.74, 6) is -0.154. The molecule has 184 valence electrons. The molecule has 0 spiro atoms. The number of aryl methyl sites for hydroxylation is 1. The topological polar surface area (TPSA) is 91.3 Å². The number of aromatic amines is 1. The Balaban J connectivity index is 1.45. The molecule has 2 fully saturated rings. The number of H-pyrrole nitrogens is 1. The normalized spacial score (nSPS) is 16.7. The number of piperazine rings is 1. The minimum atomic E-state index is -4.43. The van der Waals surface area contributed by atoms with Gasteiger partial charge in [0.1, 0.15) is 0 Å². The predicted octanol–water partition coefficient (Wildman–Crippen LogP) is 2.96. The van der Waals surface area contributed by atoms with Crippen LogP contribution in [0.25, 0.3) is 11.0 Å². The van der Waals surface area contributed by atoms with Crippen molar-refractivity contribution < 1.29 is 18.0 Å². The SMILES string of the molecule is CCn1c(=O)[nH]c(=O)c2c(C(=O)N3CCN(c4cccc(C(F)(F)F)c4)CC3)cc(C3CC3)nc21. The quantitative estimate of drug-likeness (QED) is 0.611. The van der Waals surface area contributed by atoms with Gasteiger partial charge >= 0.3 is 11.9 Å². The van der Waals surface area contributed by atoms with Crippen LogP contribution < -0.4 is 16.1 Å². The molecule has 1 aromatic carbocycles. The number of aromatic nitrogens is 3. The van der Waals surface area contributed by atoms with Crippen molar-refractivity contribution in [3.05, 3.63) is 68.0 Å². The Morgan fingerprint density at radius 2 is 1.83 bits per heavy atom. The molecule has 11 heteroatoms. The van der Waals surface area contributed by atoms with Gasteiger partial charge in [-0.15, -0.1) is 0 Å². The molecular weight excluding hydrogens is 463 g/mol. The first-order valence-corrected chi connectivity index (χ1v) is 11.6. The van der Waals surface area contributed by atoms with Crippen molar-refractivity contribution in [2.24, 2.45) is 0 Å². The fourth-order valence-electron chi connectivity index (χ4n) is 4.56. The van der Waals surface area contributed by atoms with Crippen molar-refractivity contribution in [2.45, 2.75) is 38.4 Å². The van der Waals surface area contributed by atoms with Crippen molar-refractivity contribution in [1.29, 1.82) is 0 Å². The standard InChI is InChI=1S/C24H24F3N5O3/c1-2-32-20-19(21(33)29-23(32)35)17(13-18(28-20)14-6-7-14)22(34)31-10-8-30(9-11-31)16-5-3-4-15(12-16)24(25,26)27/h3-5,12-14H,2,6-11H2,1H3,(H,29,33,35). The van der Waals surface area contributed by atoms with E-state index in [1.807, 2.05) is 0 Å². The first-order chi connectivity index (χ1) is 16.7. The van der Waals surface area contributed by atoms with Crippen molar-refractivity contribution in [1.82, 2.24) is 19.4 Å². The monoisotopic (exact) mass is 487 g/mol. The fourth-order valence-corrected chi connectivity index (χ4v) is 4.56. The van der Waals surface area contributed by atoms with Gasteiger partial charge < -0.3 is 9.80 Å². The number of alkyl halides is 3. The summed E-state index contributed by atoms with van der Waals surface area (Å²) in [5, 5.41) is 0.0844. The third kappa shape index (κ3) is 4.30. The van der Waals surface area contributed by atoms with Gasteiger partial charge in [0.2, 0.25) is 0 Å². The average molecular weight is 487 g/mol. The molecule has 3 heterocycles. The highest BCUT2D eigenvalue weighted by Crippen LogP contribution is 2.40. The van der Waals surface area contributed by atoms with Gasteiger partial charge in [0.15, 0.2) is 5.65 Å². The maximum absolute atomic E-state index is 13.6. The van der Waals surface area contributed by atoms with E-state index in [1.165, 1.54) is 10.6 Å². The van der Waals surface area contributed by atoms with E-state index in [-0.39, 0.29) is 48.1 Å². The number of amides is 1. The molecule has 1 aliphatic carbocycles.